The standard InChI is InChI=1S/C30H30FN3O4S2/c31-22-8-12-24(13-9-22)38-25-14-10-23(11-15-25)32-29(37)26-16-21(7-6-20-4-2-1-3-5-20)17-33(26)27(35)18-34-28(36)19-40-30(34)39/h1-5,8-15,21,26,30,39H,6-7,16-19H2,(H,32,37). The fraction of sp³-hybridized carbons (Fsp3) is 0.300. The number of benzene rings is 3. The van der Waals surface area contributed by atoms with Gasteiger partial charge in [0.25, 0.3) is 0 Å². The van der Waals surface area contributed by atoms with Crippen LogP contribution in [0, 0.1) is 11.7 Å². The fourth-order valence-corrected chi connectivity index (χ4v) is 6.25. The van der Waals surface area contributed by atoms with Gasteiger partial charge in [-0.15, -0.1) is 24.4 Å². The number of anilines is 1. The SMILES string of the molecule is O=C(Nc1ccc(Oc2ccc(F)cc2)cc1)C1CC(CCc2ccccc2)CN1C(=O)CN1C(=O)CSC1S. The minimum absolute atomic E-state index is 0.0927. The van der Waals surface area contributed by atoms with Crippen LogP contribution in [-0.4, -0.2) is 57.1 Å². The number of nitrogens with one attached hydrogen (secondary N) is 1. The molecular weight excluding hydrogens is 549 g/mol. The predicted octanol–water partition coefficient (Wildman–Crippen LogP) is 5.20. The van der Waals surface area contributed by atoms with Gasteiger partial charge in [-0.05, 0) is 79.3 Å². The number of likely N-dealkylation sites (tertiary alicyclic amines) is 1. The number of halogens is 1. The quantitative estimate of drug-likeness (QED) is 0.341. The Morgan fingerprint density at radius 3 is 2.33 bits per heavy atom. The minimum atomic E-state index is -0.646. The molecule has 7 nitrogen and oxygen atoms in total. The molecule has 3 aromatic carbocycles. The molecule has 0 aromatic heterocycles. The van der Waals surface area contributed by atoms with Crippen molar-refractivity contribution in [2.24, 2.45) is 5.92 Å². The highest BCUT2D eigenvalue weighted by atomic mass is 32.2. The number of thiol groups is 1. The lowest BCUT2D eigenvalue weighted by Crippen LogP contribution is -2.48. The first-order valence-corrected chi connectivity index (χ1v) is 14.7. The van der Waals surface area contributed by atoms with Gasteiger partial charge in [-0.1, -0.05) is 30.3 Å². The normalized spacial score (nSPS) is 20.6. The van der Waals surface area contributed by atoms with Gasteiger partial charge in [0.2, 0.25) is 17.7 Å². The van der Waals surface area contributed by atoms with Crippen LogP contribution in [0.2, 0.25) is 0 Å². The van der Waals surface area contributed by atoms with Crippen molar-refractivity contribution in [3.8, 4) is 11.5 Å². The van der Waals surface area contributed by atoms with E-state index in [2.05, 4.69) is 30.1 Å². The van der Waals surface area contributed by atoms with Crippen LogP contribution in [0.25, 0.3) is 0 Å². The largest absolute Gasteiger partial charge is 0.457 e. The molecule has 2 heterocycles. The molecule has 0 bridgehead atoms. The number of aryl methyl sites for hydroxylation is 1. The number of amides is 3. The second-order valence-corrected chi connectivity index (χ2v) is 11.8. The number of carbonyl (C=O) groups excluding carboxylic acids is 3. The van der Waals surface area contributed by atoms with E-state index in [1.807, 2.05) is 18.2 Å². The summed E-state index contributed by atoms with van der Waals surface area (Å²) in [5.74, 6) is 0.502. The van der Waals surface area contributed by atoms with Crippen LogP contribution in [0.1, 0.15) is 18.4 Å². The van der Waals surface area contributed by atoms with Crippen molar-refractivity contribution in [2.75, 3.05) is 24.2 Å². The van der Waals surface area contributed by atoms with Gasteiger partial charge in [-0.2, -0.15) is 0 Å². The molecule has 2 fully saturated rings. The summed E-state index contributed by atoms with van der Waals surface area (Å²) in [4.78, 5) is 42.2. The Morgan fingerprint density at radius 2 is 1.68 bits per heavy atom. The third-order valence-electron chi connectivity index (χ3n) is 7.11. The van der Waals surface area contributed by atoms with Gasteiger partial charge in [0, 0.05) is 12.2 Å². The van der Waals surface area contributed by atoms with E-state index in [1.54, 1.807) is 29.2 Å². The van der Waals surface area contributed by atoms with E-state index < -0.39 is 6.04 Å². The second-order valence-electron chi connectivity index (χ2n) is 9.92. The molecule has 3 atom stereocenters. The molecule has 2 aliphatic rings. The van der Waals surface area contributed by atoms with Crippen LogP contribution >= 0.6 is 24.4 Å². The van der Waals surface area contributed by atoms with Crippen molar-refractivity contribution in [1.29, 1.82) is 0 Å². The van der Waals surface area contributed by atoms with Gasteiger partial charge in [0.15, 0.2) is 0 Å². The van der Waals surface area contributed by atoms with Crippen molar-refractivity contribution >= 4 is 47.8 Å². The first kappa shape index (κ1) is 28.0. The Morgan fingerprint density at radius 1 is 1.00 bits per heavy atom. The third kappa shape index (κ3) is 6.98. The zero-order valence-corrected chi connectivity index (χ0v) is 23.5. The zero-order chi connectivity index (χ0) is 28.1. The molecule has 0 radical (unpaired) electrons. The van der Waals surface area contributed by atoms with Gasteiger partial charge in [0.05, 0.1) is 5.75 Å². The number of ether oxygens (including phenoxy) is 1. The van der Waals surface area contributed by atoms with Gasteiger partial charge in [-0.3, -0.25) is 14.4 Å². The van der Waals surface area contributed by atoms with Gasteiger partial charge >= 0.3 is 0 Å². The van der Waals surface area contributed by atoms with Crippen LogP contribution < -0.4 is 10.1 Å². The summed E-state index contributed by atoms with van der Waals surface area (Å²) in [5.41, 5.74) is 1.78. The number of thioether (sulfide) groups is 1. The highest BCUT2D eigenvalue weighted by molar-refractivity contribution is 8.11. The van der Waals surface area contributed by atoms with E-state index in [1.165, 1.54) is 46.5 Å². The average Bonchev–Trinajstić information content (AvgIpc) is 3.54. The predicted molar refractivity (Wildman–Crippen MR) is 157 cm³/mol. The van der Waals surface area contributed by atoms with Gasteiger partial charge in [0.1, 0.15) is 34.6 Å². The Hall–Kier alpha value is -3.50. The van der Waals surface area contributed by atoms with Crippen molar-refractivity contribution in [1.82, 2.24) is 9.80 Å². The van der Waals surface area contributed by atoms with E-state index in [0.29, 0.717) is 35.9 Å². The molecule has 1 N–H and O–H groups in total. The molecule has 3 aromatic rings. The molecule has 10 heteroatoms. The molecule has 3 amide bonds. The Labute approximate surface area is 242 Å². The smallest absolute Gasteiger partial charge is 0.247 e. The molecule has 2 saturated heterocycles. The minimum Gasteiger partial charge on any atom is -0.457 e. The Balaban J connectivity index is 1.25. The lowest BCUT2D eigenvalue weighted by Gasteiger charge is -2.27. The number of hydrogen-bond donors (Lipinski definition) is 2. The number of hydrogen-bond acceptors (Lipinski definition) is 6. The van der Waals surface area contributed by atoms with E-state index >= 15 is 0 Å². The molecule has 2 aliphatic heterocycles. The molecule has 40 heavy (non-hydrogen) atoms. The van der Waals surface area contributed by atoms with E-state index in [4.69, 9.17) is 4.74 Å². The molecule has 3 unspecified atom stereocenters. The van der Waals surface area contributed by atoms with Gasteiger partial charge in [-0.25, -0.2) is 4.39 Å². The van der Waals surface area contributed by atoms with Crippen LogP contribution in [0.4, 0.5) is 10.1 Å². The van der Waals surface area contributed by atoms with Crippen LogP contribution in [-0.2, 0) is 20.8 Å². The third-order valence-corrected chi connectivity index (χ3v) is 8.81. The van der Waals surface area contributed by atoms with Crippen LogP contribution in [0.15, 0.2) is 78.9 Å². The van der Waals surface area contributed by atoms with Crippen molar-refractivity contribution in [3.05, 3.63) is 90.2 Å². The van der Waals surface area contributed by atoms with Crippen molar-refractivity contribution in [3.63, 3.8) is 0 Å². The van der Waals surface area contributed by atoms with Crippen LogP contribution in [0.5, 0.6) is 11.5 Å². The maximum Gasteiger partial charge on any atom is 0.247 e. The molecule has 208 valence electrons. The summed E-state index contributed by atoms with van der Waals surface area (Å²) in [7, 11) is 0. The highest BCUT2D eigenvalue weighted by Crippen LogP contribution is 2.31. The maximum absolute atomic E-state index is 13.5. The maximum atomic E-state index is 13.5. The first-order valence-electron chi connectivity index (χ1n) is 13.1. The summed E-state index contributed by atoms with van der Waals surface area (Å²) >= 11 is 5.80. The summed E-state index contributed by atoms with van der Waals surface area (Å²) in [6, 6.07) is 22.1. The monoisotopic (exact) mass is 579 g/mol. The van der Waals surface area contributed by atoms with Crippen molar-refractivity contribution < 1.29 is 23.5 Å². The lowest BCUT2D eigenvalue weighted by atomic mass is 9.97. The summed E-state index contributed by atoms with van der Waals surface area (Å²) < 4.78 is 18.5. The molecule has 0 saturated carbocycles. The number of rotatable bonds is 9. The Bertz CT molecular complexity index is 1340. The average molecular weight is 580 g/mol. The second kappa shape index (κ2) is 12.8. The molecule has 0 aliphatic carbocycles. The molecule has 5 rings (SSSR count). The zero-order valence-electron chi connectivity index (χ0n) is 21.7. The van der Waals surface area contributed by atoms with E-state index in [0.717, 1.165) is 12.8 Å². The molecular formula is C30H30FN3O4S2. The topological polar surface area (TPSA) is 79.0 Å². The molecule has 0 spiro atoms. The van der Waals surface area contributed by atoms with Crippen LogP contribution in [0.3, 0.4) is 0 Å². The first-order chi connectivity index (χ1) is 19.4. The fourth-order valence-electron chi connectivity index (χ4n) is 4.99. The number of nitrogens with zero attached hydrogens (tertiary/aromatic N) is 2. The summed E-state index contributed by atoms with van der Waals surface area (Å²) in [6.07, 6.45) is 2.25. The highest BCUT2D eigenvalue weighted by Gasteiger charge is 2.41. The van der Waals surface area contributed by atoms with E-state index in [-0.39, 0.29) is 40.7 Å². The Kier molecular flexibility index (Phi) is 8.96. The number of carbonyl (C=O) groups is 3. The summed E-state index contributed by atoms with van der Waals surface area (Å²) in [5, 5.41) is 2.94. The lowest BCUT2D eigenvalue weighted by molar-refractivity contribution is -0.141. The van der Waals surface area contributed by atoms with E-state index in [9.17, 15) is 18.8 Å². The van der Waals surface area contributed by atoms with Crippen molar-refractivity contribution in [2.45, 2.75) is 30.0 Å². The van der Waals surface area contributed by atoms with Gasteiger partial charge < -0.3 is 19.9 Å². The summed E-state index contributed by atoms with van der Waals surface area (Å²) in [6.45, 7) is 0.366.